The lowest BCUT2D eigenvalue weighted by atomic mass is 10.0. The van der Waals surface area contributed by atoms with Crippen LogP contribution in [-0.4, -0.2) is 0 Å². The van der Waals surface area contributed by atoms with Crippen LogP contribution < -0.4 is 9.47 Å². The molecule has 2 nitrogen and oxygen atoms in total. The first-order chi connectivity index (χ1) is 15.3. The minimum Gasteiger partial charge on any atom is -0.485 e. The summed E-state index contributed by atoms with van der Waals surface area (Å²) in [6.07, 6.45) is 2.79. The molecule has 0 saturated carbocycles. The van der Waals surface area contributed by atoms with E-state index in [0.29, 0.717) is 13.2 Å². The molecule has 0 N–H and O–H groups in total. The van der Waals surface area contributed by atoms with Gasteiger partial charge < -0.3 is 9.47 Å². The Hall–Kier alpha value is -3.78. The molecule has 0 saturated heterocycles. The fourth-order valence-electron chi connectivity index (χ4n) is 4.08. The summed E-state index contributed by atoms with van der Waals surface area (Å²) in [4.78, 5) is 0. The van der Waals surface area contributed by atoms with E-state index in [-0.39, 0.29) is 0 Å². The maximum absolute atomic E-state index is 6.43. The van der Waals surface area contributed by atoms with Crippen LogP contribution in [0.15, 0.2) is 97.6 Å². The van der Waals surface area contributed by atoms with Crippen molar-refractivity contribution >= 4 is 6.08 Å². The average Bonchev–Trinajstić information content (AvgIpc) is 3.21. The lowest BCUT2D eigenvalue weighted by molar-refractivity contribution is 0.257. The van der Waals surface area contributed by atoms with Gasteiger partial charge in [0.25, 0.3) is 0 Å². The summed E-state index contributed by atoms with van der Waals surface area (Å²) in [5, 5.41) is 0. The molecule has 0 spiro atoms. The van der Waals surface area contributed by atoms with Crippen molar-refractivity contribution in [2.45, 2.75) is 19.6 Å². The minimum atomic E-state index is 0.496. The summed E-state index contributed by atoms with van der Waals surface area (Å²) in [6.45, 7) is 4.93. The van der Waals surface area contributed by atoms with Gasteiger partial charge in [-0.05, 0) is 51.9 Å². The predicted octanol–water partition coefficient (Wildman–Crippen LogP) is 7.06. The molecule has 0 heterocycles. The Morgan fingerprint density at radius 2 is 1.35 bits per heavy atom. The van der Waals surface area contributed by atoms with Gasteiger partial charge in [-0.2, -0.15) is 0 Å². The Bertz CT molecular complexity index is 1210. The first-order valence-electron chi connectivity index (χ1n) is 10.6. The van der Waals surface area contributed by atoms with Gasteiger partial charge in [0.05, 0.1) is 0 Å². The minimum absolute atomic E-state index is 0.496. The number of hydrogen-bond donors (Lipinski definition) is 0. The number of rotatable bonds is 7. The molecule has 0 bridgehead atoms. The molecular formula is C29H24O2. The summed E-state index contributed by atoms with van der Waals surface area (Å²) in [7, 11) is 0. The number of ether oxygens (including phenoxy) is 2. The highest BCUT2D eigenvalue weighted by Crippen LogP contribution is 2.48. The van der Waals surface area contributed by atoms with Gasteiger partial charge in [-0.25, -0.2) is 0 Å². The van der Waals surface area contributed by atoms with E-state index < -0.39 is 0 Å². The fraction of sp³-hybridized carbons (Fsp3) is 0.103. The van der Waals surface area contributed by atoms with Gasteiger partial charge in [0, 0.05) is 5.56 Å². The van der Waals surface area contributed by atoms with Gasteiger partial charge in [0.1, 0.15) is 13.2 Å². The second-order valence-corrected chi connectivity index (χ2v) is 7.77. The lowest BCUT2D eigenvalue weighted by Gasteiger charge is -2.17. The standard InChI is InChI=1S/C29H24O2/c1-2-21-13-14-24-18-25-15-16-27(30-19-22-9-5-3-6-10-22)29(28(25)26(24)17-21)31-20-23-11-7-4-8-12-23/h2-17H,1,18-20H2. The number of fused-ring (bicyclic) bond motifs is 3. The average molecular weight is 405 g/mol. The van der Waals surface area contributed by atoms with Crippen LogP contribution in [0.5, 0.6) is 11.5 Å². The van der Waals surface area contributed by atoms with Crippen molar-refractivity contribution in [2.24, 2.45) is 0 Å². The van der Waals surface area contributed by atoms with Crippen LogP contribution in [0.2, 0.25) is 0 Å². The van der Waals surface area contributed by atoms with E-state index >= 15 is 0 Å². The molecule has 2 heteroatoms. The van der Waals surface area contributed by atoms with E-state index in [1.807, 2.05) is 48.5 Å². The molecule has 4 aromatic rings. The molecule has 0 radical (unpaired) electrons. The summed E-state index contributed by atoms with van der Waals surface area (Å²) in [5.41, 5.74) is 8.30. The summed E-state index contributed by atoms with van der Waals surface area (Å²) >= 11 is 0. The third-order valence-electron chi connectivity index (χ3n) is 5.69. The number of benzene rings is 4. The molecule has 31 heavy (non-hydrogen) atoms. The molecule has 0 aliphatic heterocycles. The molecule has 1 aliphatic rings. The Morgan fingerprint density at radius 1 is 0.710 bits per heavy atom. The fourth-order valence-corrected chi connectivity index (χ4v) is 4.08. The quantitative estimate of drug-likeness (QED) is 0.289. The summed E-state index contributed by atoms with van der Waals surface area (Å²) in [6, 6.07) is 31.2. The second kappa shape index (κ2) is 8.53. The second-order valence-electron chi connectivity index (χ2n) is 7.77. The maximum Gasteiger partial charge on any atom is 0.169 e. The van der Waals surface area contributed by atoms with Crippen molar-refractivity contribution in [2.75, 3.05) is 0 Å². The highest BCUT2D eigenvalue weighted by Gasteiger charge is 2.25. The summed E-state index contributed by atoms with van der Waals surface area (Å²) in [5.74, 6) is 1.59. The zero-order valence-electron chi connectivity index (χ0n) is 17.4. The first kappa shape index (κ1) is 19.2. The molecule has 0 unspecified atom stereocenters. The maximum atomic E-state index is 6.43. The van der Waals surface area contributed by atoms with Crippen LogP contribution in [-0.2, 0) is 19.6 Å². The van der Waals surface area contributed by atoms with E-state index in [9.17, 15) is 0 Å². The van der Waals surface area contributed by atoms with Gasteiger partial charge in [-0.1, -0.05) is 91.5 Å². The van der Waals surface area contributed by atoms with Crippen LogP contribution >= 0.6 is 0 Å². The highest BCUT2D eigenvalue weighted by atomic mass is 16.5. The zero-order valence-corrected chi connectivity index (χ0v) is 17.4. The Morgan fingerprint density at radius 3 is 2.03 bits per heavy atom. The van der Waals surface area contributed by atoms with Gasteiger partial charge in [-0.15, -0.1) is 0 Å². The van der Waals surface area contributed by atoms with Crippen molar-refractivity contribution in [1.82, 2.24) is 0 Å². The van der Waals surface area contributed by atoms with Crippen LogP contribution in [0.25, 0.3) is 17.2 Å². The normalized spacial score (nSPS) is 11.5. The molecule has 0 atom stereocenters. The summed E-state index contributed by atoms with van der Waals surface area (Å²) < 4.78 is 12.7. The molecular weight excluding hydrogens is 380 g/mol. The Balaban J connectivity index is 1.54. The SMILES string of the molecule is C=Cc1ccc2c(c1)-c1c(ccc(OCc3ccccc3)c1OCc1ccccc1)C2. The molecule has 5 rings (SSSR count). The highest BCUT2D eigenvalue weighted by molar-refractivity contribution is 5.85. The molecule has 0 aromatic heterocycles. The molecule has 0 fully saturated rings. The van der Waals surface area contributed by atoms with E-state index in [2.05, 4.69) is 55.1 Å². The van der Waals surface area contributed by atoms with E-state index in [1.54, 1.807) is 0 Å². The van der Waals surface area contributed by atoms with E-state index in [0.717, 1.165) is 40.2 Å². The van der Waals surface area contributed by atoms with Crippen molar-refractivity contribution in [3.63, 3.8) is 0 Å². The third kappa shape index (κ3) is 3.97. The Labute approximate surface area is 183 Å². The lowest BCUT2D eigenvalue weighted by Crippen LogP contribution is -2.02. The molecule has 152 valence electrons. The zero-order chi connectivity index (χ0) is 21.0. The molecule has 1 aliphatic carbocycles. The largest absolute Gasteiger partial charge is 0.485 e. The van der Waals surface area contributed by atoms with Gasteiger partial charge in [-0.3, -0.25) is 0 Å². The number of hydrogen-bond acceptors (Lipinski definition) is 2. The van der Waals surface area contributed by atoms with Crippen molar-refractivity contribution in [1.29, 1.82) is 0 Å². The predicted molar refractivity (Wildman–Crippen MR) is 126 cm³/mol. The van der Waals surface area contributed by atoms with E-state index in [4.69, 9.17) is 9.47 Å². The third-order valence-corrected chi connectivity index (χ3v) is 5.69. The topological polar surface area (TPSA) is 18.5 Å². The Kier molecular flexibility index (Phi) is 5.28. The van der Waals surface area contributed by atoms with Gasteiger partial charge in [0.2, 0.25) is 0 Å². The van der Waals surface area contributed by atoms with Crippen molar-refractivity contribution in [3.05, 3.63) is 125 Å². The molecule has 0 amide bonds. The van der Waals surface area contributed by atoms with Crippen molar-refractivity contribution < 1.29 is 9.47 Å². The van der Waals surface area contributed by atoms with E-state index in [1.165, 1.54) is 16.7 Å². The smallest absolute Gasteiger partial charge is 0.169 e. The monoisotopic (exact) mass is 404 g/mol. The van der Waals surface area contributed by atoms with Crippen LogP contribution in [0.4, 0.5) is 0 Å². The van der Waals surface area contributed by atoms with Gasteiger partial charge >= 0.3 is 0 Å². The molecule has 4 aromatic carbocycles. The van der Waals surface area contributed by atoms with Crippen LogP contribution in [0.3, 0.4) is 0 Å². The first-order valence-corrected chi connectivity index (χ1v) is 10.6. The van der Waals surface area contributed by atoms with Crippen LogP contribution in [0.1, 0.15) is 27.8 Å². The van der Waals surface area contributed by atoms with Gasteiger partial charge in [0.15, 0.2) is 11.5 Å². The van der Waals surface area contributed by atoms with Crippen molar-refractivity contribution in [3.8, 4) is 22.6 Å². The van der Waals surface area contributed by atoms with Crippen LogP contribution in [0, 0.1) is 0 Å².